The molecule has 0 saturated heterocycles. The van der Waals surface area contributed by atoms with Crippen LogP contribution in [0.1, 0.15) is 28.4 Å². The molecule has 0 aliphatic rings. The summed E-state index contributed by atoms with van der Waals surface area (Å²) in [6.45, 7) is 5.95. The highest BCUT2D eigenvalue weighted by molar-refractivity contribution is 7.78. The molecule has 0 N–H and O–H groups in total. The summed E-state index contributed by atoms with van der Waals surface area (Å²) in [5, 5.41) is 3.47. The highest BCUT2D eigenvalue weighted by Crippen LogP contribution is 2.24. The molecule has 0 unspecified atom stereocenters. The Hall–Kier alpha value is -1.72. The van der Waals surface area contributed by atoms with Gasteiger partial charge < -0.3 is 4.74 Å². The fourth-order valence-corrected chi connectivity index (χ4v) is 2.18. The lowest BCUT2D eigenvalue weighted by molar-refractivity contribution is 0.107. The molecule has 1 aromatic carbocycles. The second kappa shape index (κ2) is 6.15. The van der Waals surface area contributed by atoms with E-state index in [4.69, 9.17) is 16.3 Å². The molecular weight excluding hydrogens is 296 g/mol. The summed E-state index contributed by atoms with van der Waals surface area (Å²) in [6.07, 6.45) is 1.65. The van der Waals surface area contributed by atoms with Crippen molar-refractivity contribution < 1.29 is 9.53 Å². The Bertz CT molecular complexity index is 635. The van der Waals surface area contributed by atoms with Gasteiger partial charge in [0.1, 0.15) is 6.61 Å². The Morgan fingerprint density at radius 3 is 2.70 bits per heavy atom. The van der Waals surface area contributed by atoms with Crippen molar-refractivity contribution in [1.29, 1.82) is 0 Å². The maximum absolute atomic E-state index is 11.5. The smallest absolute Gasteiger partial charge is 0.252 e. The van der Waals surface area contributed by atoms with Gasteiger partial charge in [0, 0.05) is 23.4 Å². The molecule has 104 valence electrons. The van der Waals surface area contributed by atoms with Crippen LogP contribution in [0.2, 0.25) is 0 Å². The third-order valence-electron chi connectivity index (χ3n) is 2.76. The molecule has 0 fully saturated rings. The molecule has 0 radical (unpaired) electrons. The van der Waals surface area contributed by atoms with Crippen LogP contribution in [-0.2, 0) is 6.61 Å². The lowest BCUT2D eigenvalue weighted by atomic mass is 9.98. The van der Waals surface area contributed by atoms with Crippen molar-refractivity contribution in [2.75, 3.05) is 0 Å². The van der Waals surface area contributed by atoms with E-state index >= 15 is 0 Å². The number of carbonyl (C=O) groups excluding carboxylic acids is 1. The molecule has 0 saturated carbocycles. The van der Waals surface area contributed by atoms with Crippen LogP contribution in [0.5, 0.6) is 5.88 Å². The maximum atomic E-state index is 11.5. The minimum atomic E-state index is -0.522. The van der Waals surface area contributed by atoms with Gasteiger partial charge in [0.05, 0.1) is 0 Å². The number of hydrogen-bond acceptors (Lipinski definition) is 4. The van der Waals surface area contributed by atoms with Crippen molar-refractivity contribution >= 4 is 35.2 Å². The second-order valence-corrected chi connectivity index (χ2v) is 5.00. The SMILES string of the molecule is C=C(C)c1cccc(C(=O)Cl)c1COc1ccn(S)n1. The molecule has 0 amide bonds. The summed E-state index contributed by atoms with van der Waals surface area (Å²) in [5.74, 6) is 0.421. The highest BCUT2D eigenvalue weighted by atomic mass is 35.5. The quantitative estimate of drug-likeness (QED) is 0.678. The van der Waals surface area contributed by atoms with E-state index in [9.17, 15) is 4.79 Å². The van der Waals surface area contributed by atoms with Gasteiger partial charge in [-0.2, -0.15) is 0 Å². The summed E-state index contributed by atoms with van der Waals surface area (Å²) in [6, 6.07) is 6.99. The molecule has 0 aliphatic carbocycles. The van der Waals surface area contributed by atoms with E-state index in [2.05, 4.69) is 24.5 Å². The first-order chi connectivity index (χ1) is 9.49. The maximum Gasteiger partial charge on any atom is 0.252 e. The molecular formula is C14H13ClN2O2S. The largest absolute Gasteiger partial charge is 0.472 e. The second-order valence-electron chi connectivity index (χ2n) is 4.25. The van der Waals surface area contributed by atoms with Crippen LogP contribution in [0.4, 0.5) is 0 Å². The number of thiol groups is 1. The normalized spacial score (nSPS) is 10.3. The van der Waals surface area contributed by atoms with Crippen molar-refractivity contribution in [3.05, 3.63) is 53.7 Å². The van der Waals surface area contributed by atoms with Crippen LogP contribution in [0.15, 0.2) is 37.0 Å². The average molecular weight is 309 g/mol. The van der Waals surface area contributed by atoms with E-state index in [1.54, 1.807) is 24.4 Å². The molecule has 0 spiro atoms. The number of halogens is 1. The molecule has 0 bridgehead atoms. The number of allylic oxidation sites excluding steroid dienone is 1. The monoisotopic (exact) mass is 308 g/mol. The molecule has 4 nitrogen and oxygen atoms in total. The zero-order chi connectivity index (χ0) is 14.7. The van der Waals surface area contributed by atoms with Crippen LogP contribution in [0, 0.1) is 0 Å². The standard InChI is InChI=1S/C14H13ClN2O2S/c1-9(2)10-4-3-5-11(14(15)18)12(10)8-19-13-6-7-17(20)16-13/h3-7,20H,1,8H2,2H3. The Balaban J connectivity index is 2.32. The van der Waals surface area contributed by atoms with Gasteiger partial charge in [-0.25, -0.2) is 4.09 Å². The first kappa shape index (κ1) is 14.7. The van der Waals surface area contributed by atoms with E-state index in [1.807, 2.05) is 13.0 Å². The Labute approximate surface area is 127 Å². The average Bonchev–Trinajstić information content (AvgIpc) is 2.81. The fraction of sp³-hybridized carbons (Fsp3) is 0.143. The van der Waals surface area contributed by atoms with Gasteiger partial charge in [-0.1, -0.05) is 24.3 Å². The van der Waals surface area contributed by atoms with Crippen LogP contribution < -0.4 is 4.74 Å². The van der Waals surface area contributed by atoms with Gasteiger partial charge in [-0.15, -0.1) is 5.10 Å². The Morgan fingerprint density at radius 1 is 1.45 bits per heavy atom. The predicted molar refractivity (Wildman–Crippen MR) is 82.3 cm³/mol. The van der Waals surface area contributed by atoms with E-state index in [1.165, 1.54) is 4.09 Å². The lowest BCUT2D eigenvalue weighted by Gasteiger charge is -2.12. The third-order valence-corrected chi connectivity index (χ3v) is 3.19. The summed E-state index contributed by atoms with van der Waals surface area (Å²) < 4.78 is 6.90. The topological polar surface area (TPSA) is 44.1 Å². The van der Waals surface area contributed by atoms with Crippen molar-refractivity contribution in [1.82, 2.24) is 9.19 Å². The van der Waals surface area contributed by atoms with Crippen molar-refractivity contribution in [2.24, 2.45) is 0 Å². The van der Waals surface area contributed by atoms with Crippen LogP contribution in [0.25, 0.3) is 5.57 Å². The Morgan fingerprint density at radius 2 is 2.15 bits per heavy atom. The first-order valence-corrected chi connectivity index (χ1v) is 6.62. The van der Waals surface area contributed by atoms with E-state index < -0.39 is 5.24 Å². The van der Waals surface area contributed by atoms with Gasteiger partial charge in [0.25, 0.3) is 5.24 Å². The van der Waals surface area contributed by atoms with Crippen LogP contribution in [0.3, 0.4) is 0 Å². The zero-order valence-electron chi connectivity index (χ0n) is 10.8. The molecule has 2 aromatic rings. The van der Waals surface area contributed by atoms with Gasteiger partial charge in [-0.05, 0) is 43.0 Å². The molecule has 0 atom stereocenters. The number of nitrogens with zero attached hydrogens (tertiary/aromatic N) is 2. The molecule has 6 heteroatoms. The number of rotatable bonds is 5. The minimum Gasteiger partial charge on any atom is -0.472 e. The summed E-state index contributed by atoms with van der Waals surface area (Å²) in [4.78, 5) is 11.5. The Kier molecular flexibility index (Phi) is 4.52. The summed E-state index contributed by atoms with van der Waals surface area (Å²) in [7, 11) is 0. The number of benzene rings is 1. The van der Waals surface area contributed by atoms with Gasteiger partial charge >= 0.3 is 0 Å². The summed E-state index contributed by atoms with van der Waals surface area (Å²) in [5.41, 5.74) is 2.80. The van der Waals surface area contributed by atoms with Gasteiger partial charge in [0.15, 0.2) is 0 Å². The number of ether oxygens (including phenoxy) is 1. The highest BCUT2D eigenvalue weighted by Gasteiger charge is 2.14. The van der Waals surface area contributed by atoms with E-state index in [0.717, 1.165) is 11.1 Å². The molecule has 0 aliphatic heterocycles. The molecule has 1 aromatic heterocycles. The van der Waals surface area contributed by atoms with Crippen LogP contribution in [-0.4, -0.2) is 14.4 Å². The number of aromatic nitrogens is 2. The van der Waals surface area contributed by atoms with Crippen molar-refractivity contribution in [3.63, 3.8) is 0 Å². The molecule has 20 heavy (non-hydrogen) atoms. The third kappa shape index (κ3) is 3.23. The zero-order valence-corrected chi connectivity index (χ0v) is 12.5. The first-order valence-electron chi connectivity index (χ1n) is 5.84. The number of carbonyl (C=O) groups is 1. The molecule has 1 heterocycles. The summed E-state index contributed by atoms with van der Waals surface area (Å²) >= 11 is 9.64. The van der Waals surface area contributed by atoms with Crippen molar-refractivity contribution in [2.45, 2.75) is 13.5 Å². The van der Waals surface area contributed by atoms with Gasteiger partial charge in [-0.3, -0.25) is 4.79 Å². The van der Waals surface area contributed by atoms with E-state index in [-0.39, 0.29) is 6.61 Å². The van der Waals surface area contributed by atoms with Gasteiger partial charge in [0.2, 0.25) is 5.88 Å². The number of hydrogen-bond donors (Lipinski definition) is 1. The fourth-order valence-electron chi connectivity index (χ4n) is 1.85. The minimum absolute atomic E-state index is 0.182. The van der Waals surface area contributed by atoms with Crippen molar-refractivity contribution in [3.8, 4) is 5.88 Å². The predicted octanol–water partition coefficient (Wildman–Crippen LogP) is 3.57. The lowest BCUT2D eigenvalue weighted by Crippen LogP contribution is -2.06. The van der Waals surface area contributed by atoms with E-state index in [0.29, 0.717) is 17.0 Å². The van der Waals surface area contributed by atoms with Crippen LogP contribution >= 0.6 is 24.4 Å². The molecule has 2 rings (SSSR count).